The van der Waals surface area contributed by atoms with Crippen LogP contribution < -0.4 is 5.73 Å². The Morgan fingerprint density at radius 1 is 1.47 bits per heavy atom. The van der Waals surface area contributed by atoms with Gasteiger partial charge in [-0.2, -0.15) is 0 Å². The Hall–Kier alpha value is -1.02. The molecule has 1 aromatic rings. The van der Waals surface area contributed by atoms with Crippen molar-refractivity contribution in [2.24, 2.45) is 5.73 Å². The zero-order valence-corrected chi connectivity index (χ0v) is 12.6. The van der Waals surface area contributed by atoms with E-state index in [1.807, 2.05) is 0 Å². The first kappa shape index (κ1) is 16.0. The van der Waals surface area contributed by atoms with Crippen molar-refractivity contribution in [3.8, 4) is 0 Å². The van der Waals surface area contributed by atoms with Crippen LogP contribution in [0.25, 0.3) is 0 Å². The minimum Gasteiger partial charge on any atom is -0.389 e. The summed E-state index contributed by atoms with van der Waals surface area (Å²) >= 11 is 4.87. The summed E-state index contributed by atoms with van der Waals surface area (Å²) in [4.78, 5) is 0.256. The predicted molar refractivity (Wildman–Crippen MR) is 79.5 cm³/mol. The van der Waals surface area contributed by atoms with Gasteiger partial charge in [-0.15, -0.1) is 0 Å². The Labute approximate surface area is 119 Å². The summed E-state index contributed by atoms with van der Waals surface area (Å²) in [5.41, 5.74) is 6.86. The van der Waals surface area contributed by atoms with E-state index in [0.29, 0.717) is 24.3 Å². The Morgan fingerprint density at radius 2 is 2.16 bits per heavy atom. The molecular formula is C12H18N2O3S2. The number of benzene rings is 1. The van der Waals surface area contributed by atoms with Crippen LogP contribution in [-0.4, -0.2) is 45.0 Å². The second kappa shape index (κ2) is 6.95. The highest BCUT2D eigenvalue weighted by molar-refractivity contribution is 7.88. The van der Waals surface area contributed by atoms with Crippen molar-refractivity contribution in [3.63, 3.8) is 0 Å². The van der Waals surface area contributed by atoms with Gasteiger partial charge >= 0.3 is 0 Å². The summed E-state index contributed by atoms with van der Waals surface area (Å²) in [5, 5.41) is 0. The lowest BCUT2D eigenvalue weighted by Crippen LogP contribution is -2.31. The van der Waals surface area contributed by atoms with Crippen LogP contribution in [-0.2, 0) is 20.5 Å². The number of rotatable bonds is 7. The molecule has 0 spiro atoms. The molecule has 0 aromatic heterocycles. The summed E-state index contributed by atoms with van der Waals surface area (Å²) < 4.78 is 30.3. The van der Waals surface area contributed by atoms with Crippen molar-refractivity contribution in [2.75, 3.05) is 27.3 Å². The SMILES string of the molecule is COCCN(C)S(=O)(=O)Cc1cccc(C(N)=S)c1. The molecular weight excluding hydrogens is 284 g/mol. The van der Waals surface area contributed by atoms with Gasteiger partial charge in [-0.05, 0) is 11.6 Å². The third-order valence-electron chi connectivity index (χ3n) is 2.65. The van der Waals surface area contributed by atoms with Crippen LogP contribution in [0, 0.1) is 0 Å². The van der Waals surface area contributed by atoms with Gasteiger partial charge in [0, 0.05) is 26.3 Å². The van der Waals surface area contributed by atoms with Crippen LogP contribution in [0.2, 0.25) is 0 Å². The molecule has 0 bridgehead atoms. The van der Waals surface area contributed by atoms with Gasteiger partial charge < -0.3 is 10.5 Å². The fourth-order valence-corrected chi connectivity index (χ4v) is 2.79. The Balaban J connectivity index is 2.83. The van der Waals surface area contributed by atoms with Gasteiger partial charge in [-0.3, -0.25) is 0 Å². The van der Waals surface area contributed by atoms with E-state index in [0.717, 1.165) is 0 Å². The number of nitrogens with two attached hydrogens (primary N) is 1. The number of ether oxygens (including phenoxy) is 1. The minimum absolute atomic E-state index is 0.0797. The molecule has 5 nitrogen and oxygen atoms in total. The second-order valence-corrected chi connectivity index (χ2v) is 6.65. The van der Waals surface area contributed by atoms with Crippen molar-refractivity contribution in [2.45, 2.75) is 5.75 Å². The van der Waals surface area contributed by atoms with Gasteiger partial charge in [-0.1, -0.05) is 30.4 Å². The number of thiocarbonyl (C=S) groups is 1. The van der Waals surface area contributed by atoms with E-state index >= 15 is 0 Å². The summed E-state index contributed by atoms with van der Waals surface area (Å²) in [6, 6.07) is 6.94. The van der Waals surface area contributed by atoms with Gasteiger partial charge in [0.25, 0.3) is 0 Å². The minimum atomic E-state index is -3.36. The van der Waals surface area contributed by atoms with Crippen LogP contribution in [0.4, 0.5) is 0 Å². The van der Waals surface area contributed by atoms with E-state index in [9.17, 15) is 8.42 Å². The van der Waals surface area contributed by atoms with Crippen LogP contribution in [0.5, 0.6) is 0 Å². The third-order valence-corrected chi connectivity index (χ3v) is 4.71. The molecule has 0 aliphatic carbocycles. The van der Waals surface area contributed by atoms with Crippen LogP contribution >= 0.6 is 12.2 Å². The number of hydrogen-bond donors (Lipinski definition) is 1. The fraction of sp³-hybridized carbons (Fsp3) is 0.417. The van der Waals surface area contributed by atoms with E-state index in [-0.39, 0.29) is 10.7 Å². The van der Waals surface area contributed by atoms with E-state index in [1.165, 1.54) is 18.5 Å². The first-order valence-corrected chi connectivity index (χ1v) is 7.70. The third kappa shape index (κ3) is 4.87. The quantitative estimate of drug-likeness (QED) is 0.752. The van der Waals surface area contributed by atoms with Crippen LogP contribution in [0.15, 0.2) is 24.3 Å². The topological polar surface area (TPSA) is 72.6 Å². The van der Waals surface area contributed by atoms with Gasteiger partial charge in [0.15, 0.2) is 0 Å². The van der Waals surface area contributed by atoms with Gasteiger partial charge in [0.05, 0.1) is 12.4 Å². The molecule has 7 heteroatoms. The second-order valence-electron chi connectivity index (χ2n) is 4.14. The smallest absolute Gasteiger partial charge is 0.218 e. The predicted octanol–water partition coefficient (Wildman–Crippen LogP) is 0.729. The summed E-state index contributed by atoms with van der Waals surface area (Å²) in [7, 11) is -0.291. The maximum absolute atomic E-state index is 12.1. The summed E-state index contributed by atoms with van der Waals surface area (Å²) in [6.45, 7) is 0.691. The average Bonchev–Trinajstić information content (AvgIpc) is 2.35. The fourth-order valence-electron chi connectivity index (χ4n) is 1.49. The van der Waals surface area contributed by atoms with Gasteiger partial charge in [0.2, 0.25) is 10.0 Å². The molecule has 0 fully saturated rings. The van der Waals surface area contributed by atoms with Crippen molar-refractivity contribution in [1.29, 1.82) is 0 Å². The number of hydrogen-bond acceptors (Lipinski definition) is 4. The van der Waals surface area contributed by atoms with Crippen molar-refractivity contribution in [1.82, 2.24) is 4.31 Å². The lowest BCUT2D eigenvalue weighted by molar-refractivity contribution is 0.185. The van der Waals surface area contributed by atoms with E-state index in [4.69, 9.17) is 22.7 Å². The highest BCUT2D eigenvalue weighted by atomic mass is 32.2. The molecule has 2 N–H and O–H groups in total. The molecule has 0 saturated heterocycles. The normalized spacial score (nSPS) is 11.7. The first-order chi connectivity index (χ1) is 8.86. The average molecular weight is 302 g/mol. The van der Waals surface area contributed by atoms with Crippen molar-refractivity contribution < 1.29 is 13.2 Å². The molecule has 0 aliphatic rings. The number of likely N-dealkylation sites (N-methyl/N-ethyl adjacent to an activating group) is 1. The molecule has 0 aliphatic heterocycles. The maximum Gasteiger partial charge on any atom is 0.218 e. The summed E-state index contributed by atoms with van der Waals surface area (Å²) in [6.07, 6.45) is 0. The molecule has 106 valence electrons. The zero-order valence-electron chi connectivity index (χ0n) is 11.0. The Bertz CT molecular complexity index is 544. The number of nitrogens with zero attached hydrogens (tertiary/aromatic N) is 1. The molecule has 19 heavy (non-hydrogen) atoms. The van der Waals surface area contributed by atoms with E-state index < -0.39 is 10.0 Å². The molecule has 0 amide bonds. The molecule has 0 heterocycles. The lowest BCUT2D eigenvalue weighted by Gasteiger charge is -2.16. The molecule has 0 radical (unpaired) electrons. The molecule has 1 aromatic carbocycles. The molecule has 0 atom stereocenters. The van der Waals surface area contributed by atoms with Crippen molar-refractivity contribution >= 4 is 27.2 Å². The standard InChI is InChI=1S/C12H18N2O3S2/c1-14(6-7-17-2)19(15,16)9-10-4-3-5-11(8-10)12(13)18/h3-5,8H,6-7,9H2,1-2H3,(H2,13,18). The number of sulfonamides is 1. The van der Waals surface area contributed by atoms with Crippen molar-refractivity contribution in [3.05, 3.63) is 35.4 Å². The molecule has 0 saturated carbocycles. The largest absolute Gasteiger partial charge is 0.389 e. The molecule has 1 rings (SSSR count). The maximum atomic E-state index is 12.1. The number of methoxy groups -OCH3 is 1. The molecule has 0 unspecified atom stereocenters. The van der Waals surface area contributed by atoms with E-state index in [1.54, 1.807) is 24.3 Å². The van der Waals surface area contributed by atoms with Gasteiger partial charge in [-0.25, -0.2) is 12.7 Å². The lowest BCUT2D eigenvalue weighted by atomic mass is 10.1. The highest BCUT2D eigenvalue weighted by Crippen LogP contribution is 2.11. The first-order valence-electron chi connectivity index (χ1n) is 5.68. The van der Waals surface area contributed by atoms with Gasteiger partial charge in [0.1, 0.15) is 4.99 Å². The monoisotopic (exact) mass is 302 g/mol. The van der Waals surface area contributed by atoms with E-state index in [2.05, 4.69) is 0 Å². The highest BCUT2D eigenvalue weighted by Gasteiger charge is 2.18. The summed E-state index contributed by atoms with van der Waals surface area (Å²) in [5.74, 6) is -0.0797. The zero-order chi connectivity index (χ0) is 14.5. The van der Waals surface area contributed by atoms with Crippen LogP contribution in [0.3, 0.4) is 0 Å². The van der Waals surface area contributed by atoms with Crippen LogP contribution in [0.1, 0.15) is 11.1 Å². The Kier molecular flexibility index (Phi) is 5.86. The Morgan fingerprint density at radius 3 is 2.74 bits per heavy atom.